The van der Waals surface area contributed by atoms with Gasteiger partial charge in [0.05, 0.1) is 12.5 Å². The number of benzene rings is 1. The van der Waals surface area contributed by atoms with Gasteiger partial charge < -0.3 is 10.2 Å². The first-order valence-electron chi connectivity index (χ1n) is 6.75. The van der Waals surface area contributed by atoms with Gasteiger partial charge in [0.2, 0.25) is 5.78 Å². The molecular formula is C15H15F3O5S. The van der Waals surface area contributed by atoms with Crippen LogP contribution in [0.1, 0.15) is 35.4 Å². The first-order valence-corrected chi connectivity index (χ1v) is 7.73. The zero-order valence-corrected chi connectivity index (χ0v) is 13.4. The Morgan fingerprint density at radius 3 is 2.12 bits per heavy atom. The first kappa shape index (κ1) is 20.3. The van der Waals surface area contributed by atoms with E-state index in [4.69, 9.17) is 0 Å². The summed E-state index contributed by atoms with van der Waals surface area (Å²) in [7, 11) is 0. The predicted molar refractivity (Wildman–Crippen MR) is 80.6 cm³/mol. The van der Waals surface area contributed by atoms with E-state index in [0.717, 1.165) is 23.9 Å². The Labute approximate surface area is 139 Å². The lowest BCUT2D eigenvalue weighted by Gasteiger charge is -2.17. The van der Waals surface area contributed by atoms with Gasteiger partial charge >= 0.3 is 6.18 Å². The molecular weight excluding hydrogens is 349 g/mol. The maximum Gasteiger partial charge on any atom is 0.450 e. The van der Waals surface area contributed by atoms with Crippen LogP contribution < -0.4 is 0 Å². The quantitative estimate of drug-likeness (QED) is 0.568. The largest absolute Gasteiger partial charge is 0.450 e. The smallest absolute Gasteiger partial charge is 0.389 e. The maximum absolute atomic E-state index is 12.1. The minimum Gasteiger partial charge on any atom is -0.389 e. The van der Waals surface area contributed by atoms with Crippen LogP contribution in [0.3, 0.4) is 0 Å². The molecule has 0 aliphatic heterocycles. The number of hydrogen-bond donors (Lipinski definition) is 2. The molecule has 0 heterocycles. The molecule has 1 rings (SSSR count). The third-order valence-corrected chi connectivity index (χ3v) is 3.95. The average Bonchev–Trinajstić information content (AvgIpc) is 2.50. The lowest BCUT2D eigenvalue weighted by atomic mass is 10.0. The highest BCUT2D eigenvalue weighted by Crippen LogP contribution is 2.22. The van der Waals surface area contributed by atoms with Gasteiger partial charge in [-0.15, -0.1) is 0 Å². The highest BCUT2D eigenvalue weighted by molar-refractivity contribution is 8.13. The fourth-order valence-electron chi connectivity index (χ4n) is 1.73. The summed E-state index contributed by atoms with van der Waals surface area (Å²) in [6.07, 6.45) is -8.90. The number of Topliss-reactive ketones (excluding diaryl/α,β-unsaturated/α-hetero) is 2. The number of aliphatic hydroxyl groups excluding tert-OH is 2. The van der Waals surface area contributed by atoms with Crippen LogP contribution in [0, 0.1) is 0 Å². The number of rotatable bonds is 7. The van der Waals surface area contributed by atoms with Gasteiger partial charge in [-0.3, -0.25) is 14.4 Å². The monoisotopic (exact) mass is 364 g/mol. The predicted octanol–water partition coefficient (Wildman–Crippen LogP) is 2.06. The van der Waals surface area contributed by atoms with Crippen molar-refractivity contribution in [1.82, 2.24) is 0 Å². The molecule has 0 aromatic heterocycles. The van der Waals surface area contributed by atoms with E-state index >= 15 is 0 Å². The first-order chi connectivity index (χ1) is 11.0. The molecule has 1 aromatic carbocycles. The SMILES string of the molecule is CC(=O)SCC(O)C(O)c1ccc(C(=O)CC(=O)C(F)(F)F)cc1. The van der Waals surface area contributed by atoms with Gasteiger partial charge in [-0.05, 0) is 5.56 Å². The number of alkyl halides is 3. The summed E-state index contributed by atoms with van der Waals surface area (Å²) in [6, 6.07) is 4.85. The average molecular weight is 364 g/mol. The molecule has 0 spiro atoms. The minimum absolute atomic E-state index is 0.0305. The molecule has 0 saturated carbocycles. The van der Waals surface area contributed by atoms with Crippen LogP contribution in [-0.4, -0.2) is 44.9 Å². The summed E-state index contributed by atoms with van der Waals surface area (Å²) >= 11 is 0.832. The number of hydrogen-bond acceptors (Lipinski definition) is 6. The lowest BCUT2D eigenvalue weighted by Crippen LogP contribution is -2.25. The molecule has 5 nitrogen and oxygen atoms in total. The highest BCUT2D eigenvalue weighted by atomic mass is 32.2. The third-order valence-electron chi connectivity index (χ3n) is 3.03. The second-order valence-corrected chi connectivity index (χ2v) is 6.15. The second kappa shape index (κ2) is 8.41. The van der Waals surface area contributed by atoms with E-state index in [9.17, 15) is 37.8 Å². The Hall–Kier alpha value is -1.71. The van der Waals surface area contributed by atoms with Gasteiger partial charge in [-0.1, -0.05) is 36.0 Å². The van der Waals surface area contributed by atoms with Crippen molar-refractivity contribution in [3.8, 4) is 0 Å². The molecule has 0 aliphatic carbocycles. The van der Waals surface area contributed by atoms with E-state index in [1.165, 1.54) is 19.1 Å². The van der Waals surface area contributed by atoms with Crippen LogP contribution in [-0.2, 0) is 9.59 Å². The number of aliphatic hydroxyl groups is 2. The Balaban J connectivity index is 2.73. The van der Waals surface area contributed by atoms with Crippen molar-refractivity contribution in [1.29, 1.82) is 0 Å². The number of carbonyl (C=O) groups excluding carboxylic acids is 3. The Kier molecular flexibility index (Phi) is 7.12. The van der Waals surface area contributed by atoms with Crippen molar-refractivity contribution in [2.45, 2.75) is 31.7 Å². The van der Waals surface area contributed by atoms with E-state index in [1.54, 1.807) is 0 Å². The summed E-state index contributed by atoms with van der Waals surface area (Å²) in [6.45, 7) is 1.31. The van der Waals surface area contributed by atoms with Crippen molar-refractivity contribution in [2.24, 2.45) is 0 Å². The van der Waals surface area contributed by atoms with Crippen LogP contribution >= 0.6 is 11.8 Å². The van der Waals surface area contributed by atoms with E-state index in [2.05, 4.69) is 0 Å². The summed E-state index contributed by atoms with van der Waals surface area (Å²) in [5.41, 5.74) is 0.113. The summed E-state index contributed by atoms with van der Waals surface area (Å²) < 4.78 is 36.4. The Morgan fingerprint density at radius 2 is 1.67 bits per heavy atom. The van der Waals surface area contributed by atoms with Crippen LogP contribution in [0.2, 0.25) is 0 Å². The maximum atomic E-state index is 12.1. The molecule has 2 atom stereocenters. The molecule has 0 radical (unpaired) electrons. The Bertz CT molecular complexity index is 613. The van der Waals surface area contributed by atoms with Crippen molar-refractivity contribution in [3.05, 3.63) is 35.4 Å². The van der Waals surface area contributed by atoms with Crippen LogP contribution in [0.4, 0.5) is 13.2 Å². The normalized spacial score (nSPS) is 14.1. The number of ketones is 2. The minimum atomic E-state index is -5.07. The highest BCUT2D eigenvalue weighted by Gasteiger charge is 2.39. The fraction of sp³-hybridized carbons (Fsp3) is 0.400. The molecule has 1 aromatic rings. The zero-order valence-electron chi connectivity index (χ0n) is 12.5. The van der Waals surface area contributed by atoms with E-state index in [1.807, 2.05) is 0 Å². The fourth-order valence-corrected chi connectivity index (χ4v) is 2.32. The van der Waals surface area contributed by atoms with Crippen LogP contribution in [0.15, 0.2) is 24.3 Å². The number of thioether (sulfide) groups is 1. The lowest BCUT2D eigenvalue weighted by molar-refractivity contribution is -0.170. The molecule has 0 aliphatic rings. The molecule has 24 heavy (non-hydrogen) atoms. The van der Waals surface area contributed by atoms with Crippen molar-refractivity contribution < 1.29 is 37.8 Å². The molecule has 0 bridgehead atoms. The van der Waals surface area contributed by atoms with Gasteiger partial charge in [0, 0.05) is 18.2 Å². The van der Waals surface area contributed by atoms with E-state index in [-0.39, 0.29) is 22.0 Å². The van der Waals surface area contributed by atoms with Crippen molar-refractivity contribution in [2.75, 3.05) is 5.75 Å². The zero-order chi connectivity index (χ0) is 18.5. The van der Waals surface area contributed by atoms with Gasteiger partial charge in [0.1, 0.15) is 6.10 Å². The molecule has 0 amide bonds. The molecule has 9 heteroatoms. The molecule has 0 saturated heterocycles. The number of halogens is 3. The second-order valence-electron chi connectivity index (χ2n) is 4.96. The Morgan fingerprint density at radius 1 is 1.12 bits per heavy atom. The topological polar surface area (TPSA) is 91.7 Å². The van der Waals surface area contributed by atoms with Gasteiger partial charge in [-0.25, -0.2) is 0 Å². The van der Waals surface area contributed by atoms with E-state index in [0.29, 0.717) is 0 Å². The van der Waals surface area contributed by atoms with Gasteiger partial charge in [0.25, 0.3) is 0 Å². The molecule has 0 fully saturated rings. The molecule has 2 N–H and O–H groups in total. The number of carbonyl (C=O) groups is 3. The van der Waals surface area contributed by atoms with Gasteiger partial charge in [-0.2, -0.15) is 13.2 Å². The van der Waals surface area contributed by atoms with Crippen LogP contribution in [0.25, 0.3) is 0 Å². The van der Waals surface area contributed by atoms with Crippen LogP contribution in [0.5, 0.6) is 0 Å². The summed E-state index contributed by atoms with van der Waals surface area (Å²) in [4.78, 5) is 33.2. The van der Waals surface area contributed by atoms with E-state index < -0.39 is 36.4 Å². The van der Waals surface area contributed by atoms with Gasteiger partial charge in [0.15, 0.2) is 10.9 Å². The molecule has 2 unspecified atom stereocenters. The standard InChI is InChI=1S/C15H15F3O5S/c1-8(19)24-7-12(21)14(23)10-4-2-9(3-5-10)11(20)6-13(22)15(16,17)18/h2-5,12,14,21,23H,6-7H2,1H3. The summed E-state index contributed by atoms with van der Waals surface area (Å²) in [5.74, 6) is -3.16. The third kappa shape index (κ3) is 6.06. The van der Waals surface area contributed by atoms with Crippen molar-refractivity contribution in [3.63, 3.8) is 0 Å². The summed E-state index contributed by atoms with van der Waals surface area (Å²) in [5, 5.41) is 19.4. The molecule has 132 valence electrons. The van der Waals surface area contributed by atoms with Crippen molar-refractivity contribution >= 4 is 28.4 Å².